The van der Waals surface area contributed by atoms with Gasteiger partial charge in [-0.3, -0.25) is 14.7 Å². The molecule has 0 saturated carbocycles. The molecule has 8 nitrogen and oxygen atoms in total. The number of aryl methyl sites for hydroxylation is 1. The highest BCUT2D eigenvalue weighted by atomic mass is 19.3. The number of pyridine rings is 1. The second-order valence-corrected chi connectivity index (χ2v) is 11.1. The fourth-order valence-corrected chi connectivity index (χ4v) is 5.90. The zero-order valence-corrected chi connectivity index (χ0v) is 25.2. The zero-order chi connectivity index (χ0) is 32.3. The van der Waals surface area contributed by atoms with Crippen molar-refractivity contribution in [2.75, 3.05) is 27.3 Å². The largest absolute Gasteiger partial charge is 0.496 e. The summed E-state index contributed by atoms with van der Waals surface area (Å²) in [6, 6.07) is 14.5. The van der Waals surface area contributed by atoms with Gasteiger partial charge in [0.2, 0.25) is 0 Å². The number of carbonyl (C=O) groups is 2. The molecular weight excluding hydrogens is 587 g/mol. The summed E-state index contributed by atoms with van der Waals surface area (Å²) in [5.41, 5.74) is 2.75. The van der Waals surface area contributed by atoms with Gasteiger partial charge < -0.3 is 19.9 Å². The van der Waals surface area contributed by atoms with Crippen LogP contribution in [0.5, 0.6) is 11.5 Å². The van der Waals surface area contributed by atoms with Crippen LogP contribution in [-0.4, -0.2) is 66.1 Å². The highest BCUT2D eigenvalue weighted by molar-refractivity contribution is 6.02. The summed E-state index contributed by atoms with van der Waals surface area (Å²) >= 11 is 0. The summed E-state index contributed by atoms with van der Waals surface area (Å²) in [4.78, 5) is 31.1. The summed E-state index contributed by atoms with van der Waals surface area (Å²) in [7, 11) is 3.10. The summed E-state index contributed by atoms with van der Waals surface area (Å²) in [6.07, 6.45) is 0.771. The predicted molar refractivity (Wildman–Crippen MR) is 163 cm³/mol. The van der Waals surface area contributed by atoms with Gasteiger partial charge in [0.15, 0.2) is 0 Å². The number of fused-ring (bicyclic) bond motifs is 1. The number of alkyl halides is 2. The summed E-state index contributed by atoms with van der Waals surface area (Å²) < 4.78 is 53.6. The second kappa shape index (κ2) is 13.2. The number of hydrogen-bond acceptors (Lipinski definition) is 6. The van der Waals surface area contributed by atoms with E-state index in [2.05, 4.69) is 10.3 Å². The Bertz CT molecular complexity index is 1720. The normalized spacial score (nSPS) is 15.4. The minimum atomic E-state index is -2.65. The average Bonchev–Trinajstić information content (AvgIpc) is 3.01. The van der Waals surface area contributed by atoms with E-state index >= 15 is 0 Å². The van der Waals surface area contributed by atoms with E-state index in [9.17, 15) is 27.9 Å². The lowest BCUT2D eigenvalue weighted by Gasteiger charge is -2.32. The molecule has 1 aliphatic rings. The minimum Gasteiger partial charge on any atom is -0.496 e. The first kappa shape index (κ1) is 31.8. The summed E-state index contributed by atoms with van der Waals surface area (Å²) in [6.45, 7) is 2.43. The maximum Gasteiger partial charge on any atom is 0.326 e. The maximum atomic E-state index is 14.4. The molecule has 5 rings (SSSR count). The highest BCUT2D eigenvalue weighted by Gasteiger charge is 2.34. The van der Waals surface area contributed by atoms with Crippen molar-refractivity contribution in [3.63, 3.8) is 0 Å². The van der Waals surface area contributed by atoms with E-state index in [0.717, 1.165) is 28.0 Å². The molecule has 11 heteroatoms. The number of likely N-dealkylation sites (tertiary alicyclic amines) is 1. The number of nitrogens with zero attached hydrogens (tertiary/aromatic N) is 2. The Hall–Kier alpha value is -4.64. The Morgan fingerprint density at radius 3 is 2.38 bits per heavy atom. The van der Waals surface area contributed by atoms with Gasteiger partial charge in [-0.05, 0) is 41.0 Å². The third-order valence-electron chi connectivity index (χ3n) is 8.23. The molecule has 2 heterocycles. The molecule has 0 spiro atoms. The van der Waals surface area contributed by atoms with Gasteiger partial charge in [0.05, 0.1) is 31.0 Å². The van der Waals surface area contributed by atoms with Crippen LogP contribution in [0.3, 0.4) is 0 Å². The van der Waals surface area contributed by atoms with E-state index < -0.39 is 29.7 Å². The molecule has 1 atom stereocenters. The second-order valence-electron chi connectivity index (χ2n) is 11.1. The Morgan fingerprint density at radius 1 is 1.00 bits per heavy atom. The highest BCUT2D eigenvalue weighted by Crippen LogP contribution is 2.44. The molecule has 0 unspecified atom stereocenters. The Morgan fingerprint density at radius 2 is 1.71 bits per heavy atom. The Labute approximate surface area is 258 Å². The van der Waals surface area contributed by atoms with Gasteiger partial charge in [0.1, 0.15) is 23.4 Å². The standard InChI is InChI=1S/C34H34F3N3O5/c1-20-29(26(35)12-15-38-20)32(41)39-27(33(42)43)18-21-6-4-8-24-23(21)7-5-9-25(24)30-28(44-2)11-10-22(31(30)45-3)19-40-16-13-34(36,37)14-17-40/h4-12,15,27H,13-14,16-19H2,1-3H3,(H,39,41)(H,42,43)/t27-/m0/s1. The Kier molecular flexibility index (Phi) is 9.29. The summed E-state index contributed by atoms with van der Waals surface area (Å²) in [5, 5.41) is 14.0. The number of benzene rings is 3. The summed E-state index contributed by atoms with van der Waals surface area (Å²) in [5.74, 6) is -4.48. The van der Waals surface area contributed by atoms with E-state index in [1.807, 2.05) is 41.3 Å². The van der Waals surface area contributed by atoms with E-state index in [-0.39, 0.29) is 43.6 Å². The number of aliphatic carboxylic acids is 1. The molecule has 3 aromatic carbocycles. The van der Waals surface area contributed by atoms with Crippen LogP contribution in [0.1, 0.15) is 40.0 Å². The third-order valence-corrected chi connectivity index (χ3v) is 8.23. The van der Waals surface area contributed by atoms with Gasteiger partial charge in [-0.2, -0.15) is 0 Å². The number of carboxylic acids is 1. The van der Waals surface area contributed by atoms with Crippen LogP contribution in [0.15, 0.2) is 60.8 Å². The van der Waals surface area contributed by atoms with Crippen molar-refractivity contribution in [3.05, 3.63) is 89.0 Å². The number of amides is 1. The molecule has 2 N–H and O–H groups in total. The first-order valence-corrected chi connectivity index (χ1v) is 14.5. The van der Waals surface area contributed by atoms with E-state index in [1.54, 1.807) is 26.4 Å². The number of methoxy groups -OCH3 is 2. The Balaban J connectivity index is 1.51. The molecule has 1 amide bonds. The van der Waals surface area contributed by atoms with Gasteiger partial charge in [-0.1, -0.05) is 42.5 Å². The lowest BCUT2D eigenvalue weighted by Crippen LogP contribution is -2.43. The average molecular weight is 622 g/mol. The van der Waals surface area contributed by atoms with Crippen LogP contribution in [-0.2, 0) is 17.8 Å². The number of aromatic nitrogens is 1. The van der Waals surface area contributed by atoms with Crippen molar-refractivity contribution < 1.29 is 37.3 Å². The molecule has 45 heavy (non-hydrogen) atoms. The molecule has 0 radical (unpaired) electrons. The molecule has 1 fully saturated rings. The van der Waals surface area contributed by atoms with Crippen molar-refractivity contribution in [1.82, 2.24) is 15.2 Å². The first-order chi connectivity index (χ1) is 21.5. The van der Waals surface area contributed by atoms with E-state index in [0.29, 0.717) is 29.2 Å². The predicted octanol–water partition coefficient (Wildman–Crippen LogP) is 6.02. The number of rotatable bonds is 10. The van der Waals surface area contributed by atoms with Gasteiger partial charge in [-0.15, -0.1) is 0 Å². The van der Waals surface area contributed by atoms with Crippen LogP contribution in [0.2, 0.25) is 0 Å². The molecule has 0 aliphatic carbocycles. The van der Waals surface area contributed by atoms with Gasteiger partial charge in [0.25, 0.3) is 11.8 Å². The van der Waals surface area contributed by atoms with Crippen molar-refractivity contribution >= 4 is 22.6 Å². The quantitative estimate of drug-likeness (QED) is 0.223. The van der Waals surface area contributed by atoms with Crippen molar-refractivity contribution in [2.45, 2.75) is 44.7 Å². The first-order valence-electron chi connectivity index (χ1n) is 14.5. The number of nitrogens with one attached hydrogen (secondary N) is 1. The third kappa shape index (κ3) is 6.73. The lowest BCUT2D eigenvalue weighted by atomic mass is 9.91. The fourth-order valence-electron chi connectivity index (χ4n) is 5.90. The van der Waals surface area contributed by atoms with Crippen LogP contribution in [0.4, 0.5) is 13.2 Å². The minimum absolute atomic E-state index is 0.0727. The molecule has 1 saturated heterocycles. The topological polar surface area (TPSA) is 101 Å². The maximum absolute atomic E-state index is 14.4. The molecule has 1 aromatic heterocycles. The number of carboxylic acid groups (broad SMARTS) is 1. The fraction of sp³-hybridized carbons (Fsp3) is 0.324. The van der Waals surface area contributed by atoms with E-state index in [1.165, 1.54) is 13.1 Å². The van der Waals surface area contributed by atoms with Crippen LogP contribution in [0, 0.1) is 12.7 Å². The monoisotopic (exact) mass is 621 g/mol. The number of piperidine rings is 1. The van der Waals surface area contributed by atoms with Crippen molar-refractivity contribution in [3.8, 4) is 22.6 Å². The van der Waals surface area contributed by atoms with Gasteiger partial charge >= 0.3 is 5.97 Å². The van der Waals surface area contributed by atoms with Crippen LogP contribution >= 0.6 is 0 Å². The lowest BCUT2D eigenvalue weighted by molar-refractivity contribution is -0.139. The molecular formula is C34H34F3N3O5. The number of carbonyl (C=O) groups excluding carboxylic acids is 1. The van der Waals surface area contributed by atoms with Crippen LogP contribution in [0.25, 0.3) is 21.9 Å². The van der Waals surface area contributed by atoms with Crippen molar-refractivity contribution in [2.24, 2.45) is 0 Å². The van der Waals surface area contributed by atoms with Gasteiger partial charge in [-0.25, -0.2) is 18.0 Å². The molecule has 0 bridgehead atoms. The smallest absolute Gasteiger partial charge is 0.326 e. The number of halogens is 3. The number of ether oxygens (including phenoxy) is 2. The van der Waals surface area contributed by atoms with Gasteiger partial charge in [0, 0.05) is 50.7 Å². The van der Waals surface area contributed by atoms with Crippen LogP contribution < -0.4 is 14.8 Å². The zero-order valence-electron chi connectivity index (χ0n) is 25.2. The SMILES string of the molecule is COc1ccc(CN2CCC(F)(F)CC2)c(OC)c1-c1cccc2c(C[C@H](NC(=O)c3c(F)ccnc3C)C(=O)O)cccc12. The number of hydrogen-bond donors (Lipinski definition) is 2. The molecule has 4 aromatic rings. The van der Waals surface area contributed by atoms with Crippen molar-refractivity contribution in [1.29, 1.82) is 0 Å². The van der Waals surface area contributed by atoms with E-state index in [4.69, 9.17) is 9.47 Å². The molecule has 236 valence electrons. The molecule has 1 aliphatic heterocycles.